The molecule has 0 aliphatic carbocycles. The highest BCUT2D eigenvalue weighted by Crippen LogP contribution is 2.12. The van der Waals surface area contributed by atoms with Gasteiger partial charge in [-0.2, -0.15) is 5.26 Å². The fourth-order valence-corrected chi connectivity index (χ4v) is 1.78. The van der Waals surface area contributed by atoms with Crippen LogP contribution in [0.5, 0.6) is 0 Å². The van der Waals surface area contributed by atoms with Gasteiger partial charge in [0.15, 0.2) is 0 Å². The molecule has 18 heavy (non-hydrogen) atoms. The molecule has 0 bridgehead atoms. The van der Waals surface area contributed by atoms with Crippen LogP contribution < -0.4 is 5.32 Å². The van der Waals surface area contributed by atoms with E-state index >= 15 is 0 Å². The number of hydrogen-bond donors (Lipinski definition) is 1. The van der Waals surface area contributed by atoms with Crippen LogP contribution in [0.1, 0.15) is 30.0 Å². The molecule has 1 atom stereocenters. The summed E-state index contributed by atoms with van der Waals surface area (Å²) in [7, 11) is 0. The number of rotatable bonds is 5. The molecule has 3 heteroatoms. The van der Waals surface area contributed by atoms with Crippen molar-refractivity contribution in [1.29, 1.82) is 5.26 Å². The molecule has 0 radical (unpaired) electrons. The lowest BCUT2D eigenvalue weighted by Gasteiger charge is -2.08. The maximum absolute atomic E-state index is 11.6. The van der Waals surface area contributed by atoms with Crippen LogP contribution >= 0.6 is 0 Å². The van der Waals surface area contributed by atoms with Gasteiger partial charge in [0.05, 0.1) is 12.0 Å². The van der Waals surface area contributed by atoms with E-state index in [0.29, 0.717) is 13.0 Å². The van der Waals surface area contributed by atoms with Gasteiger partial charge >= 0.3 is 0 Å². The Hall–Kier alpha value is -1.82. The van der Waals surface area contributed by atoms with Gasteiger partial charge in [0.2, 0.25) is 5.91 Å². The predicted molar refractivity (Wildman–Crippen MR) is 72.0 cm³/mol. The van der Waals surface area contributed by atoms with E-state index in [1.165, 1.54) is 16.7 Å². The van der Waals surface area contributed by atoms with E-state index in [1.54, 1.807) is 6.92 Å². The number of carbonyl (C=O) groups excluding carboxylic acids is 1. The van der Waals surface area contributed by atoms with Gasteiger partial charge in [-0.15, -0.1) is 0 Å². The van der Waals surface area contributed by atoms with Gasteiger partial charge in [-0.25, -0.2) is 0 Å². The number of nitrogens with zero attached hydrogens (tertiary/aromatic N) is 1. The number of nitriles is 1. The molecule has 1 amide bonds. The van der Waals surface area contributed by atoms with Crippen molar-refractivity contribution >= 4 is 5.91 Å². The van der Waals surface area contributed by atoms with Crippen molar-refractivity contribution < 1.29 is 4.79 Å². The zero-order chi connectivity index (χ0) is 13.5. The van der Waals surface area contributed by atoms with Gasteiger partial charge in [0, 0.05) is 13.0 Å². The highest BCUT2D eigenvalue weighted by atomic mass is 16.1. The quantitative estimate of drug-likeness (QED) is 0.865. The molecule has 1 rings (SSSR count). The zero-order valence-electron chi connectivity index (χ0n) is 11.3. The third kappa shape index (κ3) is 4.58. The maximum Gasteiger partial charge on any atom is 0.220 e. The molecule has 0 heterocycles. The molecule has 1 aromatic rings. The number of carbonyl (C=O) groups is 1. The highest BCUT2D eigenvalue weighted by molar-refractivity contribution is 5.76. The molecule has 0 aliphatic rings. The summed E-state index contributed by atoms with van der Waals surface area (Å²) in [6, 6.07) is 8.37. The number of nitrogens with one attached hydrogen (secondary N) is 1. The van der Waals surface area contributed by atoms with Crippen molar-refractivity contribution in [2.45, 2.75) is 33.6 Å². The van der Waals surface area contributed by atoms with E-state index in [-0.39, 0.29) is 11.8 Å². The van der Waals surface area contributed by atoms with Crippen molar-refractivity contribution in [3.8, 4) is 6.07 Å². The lowest BCUT2D eigenvalue weighted by Crippen LogP contribution is -2.27. The average molecular weight is 244 g/mol. The second-order valence-electron chi connectivity index (χ2n) is 4.76. The Morgan fingerprint density at radius 2 is 2.17 bits per heavy atom. The Labute approximate surface area is 109 Å². The fourth-order valence-electron chi connectivity index (χ4n) is 1.78. The first-order valence-electron chi connectivity index (χ1n) is 6.25. The number of hydrogen-bond acceptors (Lipinski definition) is 2. The van der Waals surface area contributed by atoms with Crippen molar-refractivity contribution in [3.63, 3.8) is 0 Å². The monoisotopic (exact) mass is 244 g/mol. The first-order valence-corrected chi connectivity index (χ1v) is 6.25. The summed E-state index contributed by atoms with van der Waals surface area (Å²) in [5.74, 6) is -0.118. The van der Waals surface area contributed by atoms with Crippen LogP contribution in [0.2, 0.25) is 0 Å². The van der Waals surface area contributed by atoms with Crippen LogP contribution in [0, 0.1) is 31.1 Å². The van der Waals surface area contributed by atoms with Crippen LogP contribution in [0.4, 0.5) is 0 Å². The first-order chi connectivity index (χ1) is 8.52. The molecule has 0 saturated carbocycles. The summed E-state index contributed by atoms with van der Waals surface area (Å²) in [6.45, 7) is 6.36. The Balaban J connectivity index is 2.41. The van der Waals surface area contributed by atoms with Crippen molar-refractivity contribution in [2.75, 3.05) is 6.54 Å². The van der Waals surface area contributed by atoms with Crippen LogP contribution in [-0.4, -0.2) is 12.5 Å². The van der Waals surface area contributed by atoms with Gasteiger partial charge in [-0.05, 0) is 38.3 Å². The topological polar surface area (TPSA) is 52.9 Å². The SMILES string of the molecule is Cc1ccc(CCC(=O)NC[C@@H](C)C#N)c(C)c1. The van der Waals surface area contributed by atoms with Crippen molar-refractivity contribution in [3.05, 3.63) is 34.9 Å². The summed E-state index contributed by atoms with van der Waals surface area (Å²) in [5, 5.41) is 11.4. The lowest BCUT2D eigenvalue weighted by molar-refractivity contribution is -0.121. The molecule has 1 N–H and O–H groups in total. The van der Waals surface area contributed by atoms with Gasteiger partial charge in [-0.1, -0.05) is 23.8 Å². The first kappa shape index (κ1) is 14.2. The standard InChI is InChI=1S/C15H20N2O/c1-11-4-5-14(13(3)8-11)6-7-15(18)17-10-12(2)9-16/h4-5,8,12H,6-7,10H2,1-3H3,(H,17,18)/t12-/m0/s1. The van der Waals surface area contributed by atoms with Crippen LogP contribution in [0.25, 0.3) is 0 Å². The molecule has 1 aromatic carbocycles. The van der Waals surface area contributed by atoms with Gasteiger partial charge in [-0.3, -0.25) is 4.79 Å². The van der Waals surface area contributed by atoms with Gasteiger partial charge in [0.25, 0.3) is 0 Å². The molecule has 3 nitrogen and oxygen atoms in total. The largest absolute Gasteiger partial charge is 0.355 e. The summed E-state index contributed by atoms with van der Waals surface area (Å²) in [6.07, 6.45) is 1.22. The van der Waals surface area contributed by atoms with Crippen LogP contribution in [0.15, 0.2) is 18.2 Å². The normalized spacial score (nSPS) is 11.7. The fraction of sp³-hybridized carbons (Fsp3) is 0.467. The Kier molecular flexibility index (Phi) is 5.38. The number of benzene rings is 1. The molecule has 0 saturated heterocycles. The van der Waals surface area contributed by atoms with Crippen LogP contribution in [0.3, 0.4) is 0 Å². The molecule has 96 valence electrons. The lowest BCUT2D eigenvalue weighted by atomic mass is 10.0. The molecular weight excluding hydrogens is 224 g/mol. The summed E-state index contributed by atoms with van der Waals surface area (Å²) >= 11 is 0. The van der Waals surface area contributed by atoms with E-state index < -0.39 is 0 Å². The minimum Gasteiger partial charge on any atom is -0.355 e. The summed E-state index contributed by atoms with van der Waals surface area (Å²) < 4.78 is 0. The van der Waals surface area contributed by atoms with E-state index in [2.05, 4.69) is 43.4 Å². The van der Waals surface area contributed by atoms with Gasteiger partial charge in [0.1, 0.15) is 0 Å². The van der Waals surface area contributed by atoms with Crippen molar-refractivity contribution in [2.24, 2.45) is 5.92 Å². The summed E-state index contributed by atoms with van der Waals surface area (Å²) in [5.41, 5.74) is 3.68. The smallest absolute Gasteiger partial charge is 0.220 e. The van der Waals surface area contributed by atoms with E-state index in [9.17, 15) is 4.79 Å². The Morgan fingerprint density at radius 3 is 2.78 bits per heavy atom. The maximum atomic E-state index is 11.6. The molecule has 0 aromatic heterocycles. The number of aryl methyl sites for hydroxylation is 3. The molecule has 0 fully saturated rings. The molecular formula is C15H20N2O. The number of amides is 1. The molecule has 0 aliphatic heterocycles. The third-order valence-corrected chi connectivity index (χ3v) is 2.95. The molecule has 0 unspecified atom stereocenters. The van der Waals surface area contributed by atoms with Gasteiger partial charge < -0.3 is 5.32 Å². The predicted octanol–water partition coefficient (Wildman–Crippen LogP) is 2.51. The summed E-state index contributed by atoms with van der Waals surface area (Å²) in [4.78, 5) is 11.6. The Bertz CT molecular complexity index is 460. The minimum atomic E-state index is -0.130. The zero-order valence-corrected chi connectivity index (χ0v) is 11.3. The van der Waals surface area contributed by atoms with E-state index in [0.717, 1.165) is 6.42 Å². The Morgan fingerprint density at radius 1 is 1.44 bits per heavy atom. The average Bonchev–Trinajstić information content (AvgIpc) is 2.34. The van der Waals surface area contributed by atoms with Crippen LogP contribution in [-0.2, 0) is 11.2 Å². The minimum absolute atomic E-state index is 0.0112. The highest BCUT2D eigenvalue weighted by Gasteiger charge is 2.06. The van der Waals surface area contributed by atoms with E-state index in [4.69, 9.17) is 5.26 Å². The molecule has 0 spiro atoms. The van der Waals surface area contributed by atoms with E-state index in [1.807, 2.05) is 0 Å². The van der Waals surface area contributed by atoms with Crippen molar-refractivity contribution in [1.82, 2.24) is 5.32 Å². The second kappa shape index (κ2) is 6.80. The second-order valence-corrected chi connectivity index (χ2v) is 4.76. The third-order valence-electron chi connectivity index (χ3n) is 2.95.